The molecule has 0 fully saturated rings. The van der Waals surface area contributed by atoms with Crippen LogP contribution in [0.15, 0.2) is 36.4 Å². The molecule has 0 unspecified atom stereocenters. The van der Waals surface area contributed by atoms with Crippen molar-refractivity contribution in [2.24, 2.45) is 0 Å². The van der Waals surface area contributed by atoms with Crippen LogP contribution in [0.5, 0.6) is 0 Å². The van der Waals surface area contributed by atoms with Crippen LogP contribution in [-0.4, -0.2) is 52.9 Å². The molecule has 1 amide bonds. The minimum Gasteiger partial charge on any atom is -0.480 e. The van der Waals surface area contributed by atoms with Gasteiger partial charge in [0, 0.05) is 37.8 Å². The number of aliphatic carboxylic acids is 1. The highest BCUT2D eigenvalue weighted by molar-refractivity contribution is 6.01. The molecule has 30 heavy (non-hydrogen) atoms. The van der Waals surface area contributed by atoms with Crippen LogP contribution in [0.1, 0.15) is 39.0 Å². The Hall–Kier alpha value is -3.19. The quantitative estimate of drug-likeness (QED) is 0.792. The number of hydrogen-bond donors (Lipinski definition) is 1. The van der Waals surface area contributed by atoms with E-state index in [0.717, 1.165) is 11.1 Å². The van der Waals surface area contributed by atoms with Crippen LogP contribution in [0.2, 0.25) is 0 Å². The monoisotopic (exact) mass is 407 g/mol. The van der Waals surface area contributed by atoms with Crippen LogP contribution in [-0.2, 0) is 29.1 Å². The Morgan fingerprint density at radius 3 is 2.33 bits per heavy atom. The van der Waals surface area contributed by atoms with Gasteiger partial charge < -0.3 is 10.0 Å². The van der Waals surface area contributed by atoms with Crippen molar-refractivity contribution in [2.45, 2.75) is 32.9 Å². The number of hydrogen-bond acceptors (Lipinski definition) is 5. The highest BCUT2D eigenvalue weighted by atomic mass is 16.4. The van der Waals surface area contributed by atoms with Crippen LogP contribution >= 0.6 is 0 Å². The molecule has 2 aromatic carbocycles. The highest BCUT2D eigenvalue weighted by Crippen LogP contribution is 2.30. The van der Waals surface area contributed by atoms with Gasteiger partial charge in [-0.05, 0) is 41.7 Å². The second-order valence-electron chi connectivity index (χ2n) is 7.98. The van der Waals surface area contributed by atoms with Crippen molar-refractivity contribution >= 4 is 23.3 Å². The smallest absolute Gasteiger partial charge is 0.323 e. The van der Waals surface area contributed by atoms with Gasteiger partial charge in [-0.25, -0.2) is 5.01 Å². The maximum absolute atomic E-state index is 13.0. The fourth-order valence-corrected chi connectivity index (χ4v) is 4.29. The number of ketones is 1. The summed E-state index contributed by atoms with van der Waals surface area (Å²) in [6.45, 7) is 2.78. The zero-order chi connectivity index (χ0) is 21.4. The Labute approximate surface area is 175 Å². The minimum atomic E-state index is -1.02. The third kappa shape index (κ3) is 3.80. The predicted molar refractivity (Wildman–Crippen MR) is 112 cm³/mol. The second-order valence-corrected chi connectivity index (χ2v) is 7.98. The molecule has 1 aliphatic heterocycles. The Morgan fingerprint density at radius 1 is 1.03 bits per heavy atom. The lowest BCUT2D eigenvalue weighted by Crippen LogP contribution is -2.47. The maximum atomic E-state index is 13.0. The van der Waals surface area contributed by atoms with Crippen molar-refractivity contribution < 1.29 is 19.5 Å². The van der Waals surface area contributed by atoms with Gasteiger partial charge >= 0.3 is 5.97 Å². The number of aryl methyl sites for hydroxylation is 2. The van der Waals surface area contributed by atoms with E-state index in [4.69, 9.17) is 0 Å². The fourth-order valence-electron chi connectivity index (χ4n) is 4.29. The number of anilines is 1. The number of benzene rings is 2. The number of amides is 1. The SMILES string of the molecule is Cc1cc2c(cc1N(CC(=O)O)CC(=O)N(C)N1Cc3ccccc3C1)C(=O)CC2. The summed E-state index contributed by atoms with van der Waals surface area (Å²) in [4.78, 5) is 38.3. The number of carbonyl (C=O) groups excluding carboxylic acids is 2. The molecule has 1 aliphatic carbocycles. The molecule has 0 saturated heterocycles. The molecule has 0 saturated carbocycles. The number of Topliss-reactive ketones (excluding diaryl/α,β-unsaturated/α-hetero) is 1. The average molecular weight is 407 g/mol. The summed E-state index contributed by atoms with van der Waals surface area (Å²) in [5.41, 5.74) is 5.50. The van der Waals surface area contributed by atoms with Gasteiger partial charge in [0.05, 0.1) is 6.54 Å². The molecule has 0 atom stereocenters. The van der Waals surface area contributed by atoms with Gasteiger partial charge in [-0.15, -0.1) is 0 Å². The number of carbonyl (C=O) groups is 3. The van der Waals surface area contributed by atoms with E-state index in [2.05, 4.69) is 12.1 Å². The first-order valence-electron chi connectivity index (χ1n) is 10.0. The number of hydrazine groups is 1. The summed E-state index contributed by atoms with van der Waals surface area (Å²) in [7, 11) is 1.71. The van der Waals surface area contributed by atoms with Gasteiger partial charge in [0.25, 0.3) is 5.91 Å². The van der Waals surface area contributed by atoms with E-state index < -0.39 is 5.97 Å². The molecule has 1 N–H and O–H groups in total. The molecule has 4 rings (SSSR count). The third-order valence-electron chi connectivity index (χ3n) is 5.95. The van der Waals surface area contributed by atoms with Crippen LogP contribution < -0.4 is 4.90 Å². The molecule has 0 radical (unpaired) electrons. The summed E-state index contributed by atoms with van der Waals surface area (Å²) in [5, 5.41) is 12.9. The van der Waals surface area contributed by atoms with Gasteiger partial charge in [0.1, 0.15) is 6.54 Å². The molecule has 2 aromatic rings. The van der Waals surface area contributed by atoms with Crippen LogP contribution in [0.4, 0.5) is 5.69 Å². The molecular weight excluding hydrogens is 382 g/mol. The molecule has 0 aromatic heterocycles. The van der Waals surface area contributed by atoms with Gasteiger partial charge in [0.15, 0.2) is 5.78 Å². The number of carboxylic acid groups (broad SMARTS) is 1. The molecule has 156 valence electrons. The topological polar surface area (TPSA) is 81.2 Å². The first-order chi connectivity index (χ1) is 14.3. The van der Waals surface area contributed by atoms with E-state index in [9.17, 15) is 19.5 Å². The number of rotatable bonds is 6. The zero-order valence-corrected chi connectivity index (χ0v) is 17.2. The van der Waals surface area contributed by atoms with Crippen LogP contribution in [0.3, 0.4) is 0 Å². The first-order valence-corrected chi connectivity index (χ1v) is 10.0. The lowest BCUT2D eigenvalue weighted by atomic mass is 10.0. The van der Waals surface area contributed by atoms with E-state index in [1.54, 1.807) is 23.0 Å². The largest absolute Gasteiger partial charge is 0.480 e. The standard InChI is InChI=1S/C23H25N3O4/c1-15-9-16-7-8-21(27)19(16)10-20(15)25(14-23(29)30)13-22(28)24(2)26-11-17-5-3-4-6-18(17)12-26/h3-6,9-10H,7-8,11-14H2,1-2H3,(H,29,30). The molecular formula is C23H25N3O4. The van der Waals surface area contributed by atoms with Crippen molar-refractivity contribution in [1.82, 2.24) is 10.0 Å². The van der Waals surface area contributed by atoms with E-state index in [0.29, 0.717) is 37.2 Å². The highest BCUT2D eigenvalue weighted by Gasteiger charge is 2.28. The van der Waals surface area contributed by atoms with E-state index >= 15 is 0 Å². The normalized spacial score (nSPS) is 15.1. The van der Waals surface area contributed by atoms with E-state index in [1.807, 2.05) is 30.1 Å². The fraction of sp³-hybridized carbons (Fsp3) is 0.348. The number of nitrogens with zero attached hydrogens (tertiary/aromatic N) is 3. The van der Waals surface area contributed by atoms with Crippen molar-refractivity contribution in [3.8, 4) is 0 Å². The van der Waals surface area contributed by atoms with Crippen molar-refractivity contribution in [3.63, 3.8) is 0 Å². The van der Waals surface area contributed by atoms with Crippen molar-refractivity contribution in [1.29, 1.82) is 0 Å². The first kappa shape index (κ1) is 20.1. The number of likely N-dealkylation sites (N-methyl/N-ethyl adjacent to an activating group) is 1. The summed E-state index contributed by atoms with van der Waals surface area (Å²) in [6, 6.07) is 11.8. The Morgan fingerprint density at radius 2 is 1.70 bits per heavy atom. The molecule has 0 bridgehead atoms. The minimum absolute atomic E-state index is 0.0693. The van der Waals surface area contributed by atoms with E-state index in [-0.39, 0.29) is 24.8 Å². The lowest BCUT2D eigenvalue weighted by molar-refractivity contribution is -0.145. The number of fused-ring (bicyclic) bond motifs is 2. The Balaban J connectivity index is 1.54. The molecule has 0 spiro atoms. The lowest BCUT2D eigenvalue weighted by Gasteiger charge is -2.31. The second kappa shape index (κ2) is 7.91. The van der Waals surface area contributed by atoms with Crippen molar-refractivity contribution in [3.05, 3.63) is 64.2 Å². The van der Waals surface area contributed by atoms with Gasteiger partial charge in [-0.1, -0.05) is 30.3 Å². The average Bonchev–Trinajstić information content (AvgIpc) is 3.29. The predicted octanol–water partition coefficient (Wildman–Crippen LogP) is 2.40. The summed E-state index contributed by atoms with van der Waals surface area (Å²) < 4.78 is 0. The molecule has 7 nitrogen and oxygen atoms in total. The molecule has 1 heterocycles. The summed E-state index contributed by atoms with van der Waals surface area (Å²) >= 11 is 0. The zero-order valence-electron chi connectivity index (χ0n) is 17.2. The molecule has 2 aliphatic rings. The van der Waals surface area contributed by atoms with Gasteiger partial charge in [-0.2, -0.15) is 0 Å². The van der Waals surface area contributed by atoms with Crippen molar-refractivity contribution in [2.75, 3.05) is 25.0 Å². The van der Waals surface area contributed by atoms with E-state index in [1.165, 1.54) is 11.1 Å². The maximum Gasteiger partial charge on any atom is 0.323 e. The van der Waals surface area contributed by atoms with Gasteiger partial charge in [0.2, 0.25) is 0 Å². The number of carboxylic acids is 1. The molecule has 7 heteroatoms. The summed E-state index contributed by atoms with van der Waals surface area (Å²) in [6.07, 6.45) is 1.19. The Bertz CT molecular complexity index is 1010. The van der Waals surface area contributed by atoms with Gasteiger partial charge in [-0.3, -0.25) is 19.4 Å². The summed E-state index contributed by atoms with van der Waals surface area (Å²) in [5.74, 6) is -1.15. The third-order valence-corrected chi connectivity index (χ3v) is 5.95. The van der Waals surface area contributed by atoms with Crippen LogP contribution in [0.25, 0.3) is 0 Å². The van der Waals surface area contributed by atoms with Crippen LogP contribution in [0, 0.1) is 6.92 Å². The Kier molecular flexibility index (Phi) is 5.30.